The van der Waals surface area contributed by atoms with Crippen LogP contribution in [0.1, 0.15) is 23.2 Å². The number of pyridine rings is 2. The molecule has 4 heterocycles. The summed E-state index contributed by atoms with van der Waals surface area (Å²) in [7, 11) is 1.27. The number of aromatic nitrogens is 3. The Balaban J connectivity index is 1.35. The molecule has 0 bridgehead atoms. The highest BCUT2D eigenvalue weighted by molar-refractivity contribution is 9.10. The van der Waals surface area contributed by atoms with Crippen molar-refractivity contribution < 1.29 is 19.1 Å². The van der Waals surface area contributed by atoms with E-state index in [1.807, 2.05) is 0 Å². The summed E-state index contributed by atoms with van der Waals surface area (Å²) in [4.78, 5) is 48.4. The van der Waals surface area contributed by atoms with Gasteiger partial charge in [0.05, 0.1) is 12.8 Å². The van der Waals surface area contributed by atoms with Crippen molar-refractivity contribution in [2.75, 3.05) is 18.2 Å². The lowest BCUT2D eigenvalue weighted by atomic mass is 10.1. The number of hydrogen-bond acceptors (Lipinski definition) is 7. The molecule has 3 aromatic rings. The number of carbonyl (C=O) groups excluding carboxylic acids is 3. The number of hydrogen-bond donors (Lipinski definition) is 2. The van der Waals surface area contributed by atoms with Gasteiger partial charge in [-0.3, -0.25) is 9.59 Å². The van der Waals surface area contributed by atoms with Crippen LogP contribution in [-0.4, -0.2) is 56.4 Å². The van der Waals surface area contributed by atoms with Crippen LogP contribution in [0, 0.1) is 5.92 Å². The number of amides is 2. The molecule has 0 spiro atoms. The zero-order valence-electron chi connectivity index (χ0n) is 17.7. The first-order chi connectivity index (χ1) is 15.9. The molecule has 2 amide bonds. The SMILES string of the molecule is COC(=O)c1cnc2c(ccn2CC(=O)N2[C@@H]3C[C@@H]3C[C@H]2C(=O)Nc2cccc(Br)n2)c1N. The lowest BCUT2D eigenvalue weighted by Gasteiger charge is -2.27. The number of anilines is 2. The van der Waals surface area contributed by atoms with Gasteiger partial charge in [0, 0.05) is 23.8 Å². The van der Waals surface area contributed by atoms with Crippen molar-refractivity contribution in [3.63, 3.8) is 0 Å². The molecule has 11 heteroatoms. The Morgan fingerprint density at radius 3 is 2.85 bits per heavy atom. The van der Waals surface area contributed by atoms with Crippen LogP contribution in [0.5, 0.6) is 0 Å². The number of nitrogens with two attached hydrogens (primary N) is 1. The second-order valence-electron chi connectivity index (χ2n) is 8.21. The fourth-order valence-corrected chi connectivity index (χ4v) is 4.87. The standard InChI is InChI=1S/C22H21BrN6O4/c1-33-22(32)13-9-25-20-12(19(13)24)5-6-28(20)10-18(30)29-14-7-11(14)8-15(29)21(31)27-17-4-2-3-16(23)26-17/h2-6,9,11,14-15H,7-8,10H2,1H3,(H2,24,25)(H,26,27,31)/t11-,14-,15+/m1/s1. The molecule has 0 unspecified atom stereocenters. The molecular weight excluding hydrogens is 492 g/mol. The molecule has 0 aromatic carbocycles. The Labute approximate surface area is 197 Å². The monoisotopic (exact) mass is 512 g/mol. The fraction of sp³-hybridized carbons (Fsp3) is 0.318. The third kappa shape index (κ3) is 3.82. The number of rotatable bonds is 5. The number of nitrogens with one attached hydrogen (secondary N) is 1. The van der Waals surface area contributed by atoms with Gasteiger partial charge in [0.15, 0.2) is 0 Å². The summed E-state index contributed by atoms with van der Waals surface area (Å²) < 4.78 is 7.02. The van der Waals surface area contributed by atoms with E-state index >= 15 is 0 Å². The van der Waals surface area contributed by atoms with Gasteiger partial charge in [-0.25, -0.2) is 14.8 Å². The number of halogens is 1. The number of fused-ring (bicyclic) bond motifs is 2. The Bertz CT molecular complexity index is 1290. The minimum atomic E-state index is -0.573. The van der Waals surface area contributed by atoms with Crippen LogP contribution in [0.25, 0.3) is 11.0 Å². The van der Waals surface area contributed by atoms with Gasteiger partial charge in [0.25, 0.3) is 0 Å². The maximum absolute atomic E-state index is 13.3. The van der Waals surface area contributed by atoms with E-state index in [0.29, 0.717) is 33.8 Å². The summed E-state index contributed by atoms with van der Waals surface area (Å²) in [6, 6.07) is 6.50. The molecule has 170 valence electrons. The summed E-state index contributed by atoms with van der Waals surface area (Å²) in [6.07, 6.45) is 4.59. The van der Waals surface area contributed by atoms with E-state index in [1.54, 1.807) is 39.9 Å². The summed E-state index contributed by atoms with van der Waals surface area (Å²) in [5.41, 5.74) is 7.03. The minimum absolute atomic E-state index is 0.00957. The number of likely N-dealkylation sites (tertiary alicyclic amines) is 1. The Morgan fingerprint density at radius 1 is 1.27 bits per heavy atom. The smallest absolute Gasteiger partial charge is 0.341 e. The van der Waals surface area contributed by atoms with Crippen molar-refractivity contribution in [1.82, 2.24) is 19.4 Å². The maximum Gasteiger partial charge on any atom is 0.341 e. The molecule has 1 saturated carbocycles. The van der Waals surface area contributed by atoms with Gasteiger partial charge in [0.1, 0.15) is 34.2 Å². The lowest BCUT2D eigenvalue weighted by Crippen LogP contribution is -2.46. The molecule has 5 rings (SSSR count). The van der Waals surface area contributed by atoms with Gasteiger partial charge in [-0.1, -0.05) is 6.07 Å². The van der Waals surface area contributed by atoms with Crippen LogP contribution in [0.15, 0.2) is 41.3 Å². The maximum atomic E-state index is 13.3. The second kappa shape index (κ2) is 8.14. The number of ether oxygens (including phenoxy) is 1. The second-order valence-corrected chi connectivity index (χ2v) is 9.02. The molecule has 1 aliphatic heterocycles. The van der Waals surface area contributed by atoms with Gasteiger partial charge in [-0.2, -0.15) is 0 Å². The zero-order chi connectivity index (χ0) is 23.3. The zero-order valence-corrected chi connectivity index (χ0v) is 19.3. The number of methoxy groups -OCH3 is 1. The average Bonchev–Trinajstić information content (AvgIpc) is 3.26. The number of carbonyl (C=O) groups is 3. The summed E-state index contributed by atoms with van der Waals surface area (Å²) in [5.74, 6) is -0.213. The van der Waals surface area contributed by atoms with Crippen molar-refractivity contribution in [2.45, 2.75) is 31.5 Å². The van der Waals surface area contributed by atoms with E-state index in [1.165, 1.54) is 13.3 Å². The normalized spacial score (nSPS) is 21.0. The summed E-state index contributed by atoms with van der Waals surface area (Å²) >= 11 is 3.29. The first kappa shape index (κ1) is 21.4. The van der Waals surface area contributed by atoms with E-state index in [0.717, 1.165) is 6.42 Å². The molecule has 3 N–H and O–H groups in total. The number of nitrogen functional groups attached to an aromatic ring is 1. The molecule has 2 fully saturated rings. The predicted molar refractivity (Wildman–Crippen MR) is 123 cm³/mol. The van der Waals surface area contributed by atoms with Crippen molar-refractivity contribution >= 4 is 56.3 Å². The van der Waals surface area contributed by atoms with E-state index in [2.05, 4.69) is 31.2 Å². The largest absolute Gasteiger partial charge is 0.465 e. The third-order valence-electron chi connectivity index (χ3n) is 6.20. The van der Waals surface area contributed by atoms with Crippen LogP contribution in [-0.2, 0) is 20.9 Å². The molecule has 2 aliphatic rings. The Morgan fingerprint density at radius 2 is 2.09 bits per heavy atom. The molecule has 33 heavy (non-hydrogen) atoms. The van der Waals surface area contributed by atoms with Gasteiger partial charge < -0.3 is 25.3 Å². The quantitative estimate of drug-likeness (QED) is 0.395. The number of piperidine rings is 1. The van der Waals surface area contributed by atoms with Crippen molar-refractivity contribution in [3.05, 3.63) is 46.8 Å². The first-order valence-corrected chi connectivity index (χ1v) is 11.2. The Hall–Kier alpha value is -3.47. The van der Waals surface area contributed by atoms with E-state index < -0.39 is 12.0 Å². The van der Waals surface area contributed by atoms with Gasteiger partial charge in [-0.15, -0.1) is 0 Å². The van der Waals surface area contributed by atoms with Crippen molar-refractivity contribution in [1.29, 1.82) is 0 Å². The molecule has 3 aromatic heterocycles. The summed E-state index contributed by atoms with van der Waals surface area (Å²) in [6.45, 7) is 0.00957. The molecule has 1 saturated heterocycles. The average molecular weight is 513 g/mol. The first-order valence-electron chi connectivity index (χ1n) is 10.4. The van der Waals surface area contributed by atoms with Crippen LogP contribution in [0.2, 0.25) is 0 Å². The molecule has 1 aliphatic carbocycles. The minimum Gasteiger partial charge on any atom is -0.465 e. The topological polar surface area (TPSA) is 132 Å². The molecule has 0 radical (unpaired) electrons. The van der Waals surface area contributed by atoms with Crippen LogP contribution < -0.4 is 11.1 Å². The highest BCUT2D eigenvalue weighted by Gasteiger charge is 2.56. The van der Waals surface area contributed by atoms with Crippen LogP contribution in [0.4, 0.5) is 11.5 Å². The highest BCUT2D eigenvalue weighted by Crippen LogP contribution is 2.48. The van der Waals surface area contributed by atoms with E-state index in [-0.39, 0.29) is 35.7 Å². The van der Waals surface area contributed by atoms with E-state index in [9.17, 15) is 14.4 Å². The third-order valence-corrected chi connectivity index (χ3v) is 6.64. The van der Waals surface area contributed by atoms with Crippen molar-refractivity contribution in [3.8, 4) is 0 Å². The number of esters is 1. The fourth-order valence-electron chi connectivity index (χ4n) is 4.52. The van der Waals surface area contributed by atoms with E-state index in [4.69, 9.17) is 10.5 Å². The van der Waals surface area contributed by atoms with Gasteiger partial charge in [-0.05, 0) is 52.9 Å². The van der Waals surface area contributed by atoms with Gasteiger partial charge in [0.2, 0.25) is 11.8 Å². The van der Waals surface area contributed by atoms with Gasteiger partial charge >= 0.3 is 5.97 Å². The Kier molecular flexibility index (Phi) is 5.28. The van der Waals surface area contributed by atoms with Crippen molar-refractivity contribution in [2.24, 2.45) is 5.92 Å². The van der Waals surface area contributed by atoms with Crippen LogP contribution >= 0.6 is 15.9 Å². The lowest BCUT2D eigenvalue weighted by molar-refractivity contribution is -0.138. The molecule has 3 atom stereocenters. The molecular formula is C22H21BrN6O4. The number of nitrogens with zero attached hydrogens (tertiary/aromatic N) is 4. The summed E-state index contributed by atoms with van der Waals surface area (Å²) in [5, 5.41) is 3.38. The highest BCUT2D eigenvalue weighted by atomic mass is 79.9. The predicted octanol–water partition coefficient (Wildman–Crippen LogP) is 2.19. The van der Waals surface area contributed by atoms with Crippen LogP contribution in [0.3, 0.4) is 0 Å². The molecule has 10 nitrogen and oxygen atoms in total.